The van der Waals surface area contributed by atoms with Crippen LogP contribution in [0.3, 0.4) is 0 Å². The molecular weight excluding hydrogens is 402 g/mol. The molecule has 8 heteroatoms. The van der Waals surface area contributed by atoms with Crippen molar-refractivity contribution in [3.63, 3.8) is 0 Å². The smallest absolute Gasteiger partial charge is 0.305 e. The number of aromatic nitrogens is 2. The summed E-state index contributed by atoms with van der Waals surface area (Å²) in [5, 5.41) is 3.96. The van der Waals surface area contributed by atoms with Gasteiger partial charge < -0.3 is 10.1 Å². The average Bonchev–Trinajstić information content (AvgIpc) is 2.74. The largest absolute Gasteiger partial charge is 0.466 e. The summed E-state index contributed by atoms with van der Waals surface area (Å²) in [4.78, 5) is 41.1. The molecule has 0 aliphatic carbocycles. The standard InChI is InChI=1S/C22H31N3O4S/c1-3-5-6-9-15-25-21(28)17-11-7-8-12-18(17)24-22(25)30-16-19(26)23-14-10-13-20(27)29-4-2/h7-8,11-12H,3-6,9-10,13-16H2,1-2H3,(H,23,26). The molecule has 0 bridgehead atoms. The molecule has 1 amide bonds. The minimum absolute atomic E-state index is 0.0607. The van der Waals surface area contributed by atoms with E-state index < -0.39 is 0 Å². The van der Waals surface area contributed by atoms with E-state index in [0.29, 0.717) is 42.2 Å². The molecule has 2 aromatic rings. The van der Waals surface area contributed by atoms with Crippen LogP contribution in [-0.4, -0.2) is 40.3 Å². The minimum atomic E-state index is -0.256. The van der Waals surface area contributed by atoms with E-state index in [9.17, 15) is 14.4 Å². The van der Waals surface area contributed by atoms with Crippen molar-refractivity contribution in [3.8, 4) is 0 Å². The number of fused-ring (bicyclic) bond motifs is 1. The fourth-order valence-electron chi connectivity index (χ4n) is 3.03. The Balaban J connectivity index is 1.98. The van der Waals surface area contributed by atoms with Crippen molar-refractivity contribution in [2.24, 2.45) is 0 Å². The zero-order chi connectivity index (χ0) is 21.8. The Hall–Kier alpha value is -2.35. The first-order valence-electron chi connectivity index (χ1n) is 10.6. The Morgan fingerprint density at radius 3 is 2.70 bits per heavy atom. The molecule has 2 rings (SSSR count). The maximum absolute atomic E-state index is 13.0. The van der Waals surface area contributed by atoms with Crippen LogP contribution in [0.1, 0.15) is 52.4 Å². The lowest BCUT2D eigenvalue weighted by molar-refractivity contribution is -0.143. The van der Waals surface area contributed by atoms with E-state index in [4.69, 9.17) is 4.74 Å². The average molecular weight is 434 g/mol. The summed E-state index contributed by atoms with van der Waals surface area (Å²) in [5.41, 5.74) is 0.582. The maximum Gasteiger partial charge on any atom is 0.305 e. The number of nitrogens with zero attached hydrogens (tertiary/aromatic N) is 2. The van der Waals surface area contributed by atoms with E-state index in [1.165, 1.54) is 11.8 Å². The van der Waals surface area contributed by atoms with Gasteiger partial charge in [-0.15, -0.1) is 0 Å². The number of esters is 1. The Morgan fingerprint density at radius 1 is 1.13 bits per heavy atom. The van der Waals surface area contributed by atoms with Gasteiger partial charge in [-0.3, -0.25) is 19.0 Å². The van der Waals surface area contributed by atoms with Gasteiger partial charge in [-0.05, 0) is 31.9 Å². The van der Waals surface area contributed by atoms with E-state index in [1.807, 2.05) is 18.2 Å². The topological polar surface area (TPSA) is 90.3 Å². The molecule has 0 fully saturated rings. The normalized spacial score (nSPS) is 10.9. The van der Waals surface area contributed by atoms with Crippen LogP contribution >= 0.6 is 11.8 Å². The highest BCUT2D eigenvalue weighted by Crippen LogP contribution is 2.18. The second-order valence-corrected chi connectivity index (χ2v) is 7.92. The van der Waals surface area contributed by atoms with Gasteiger partial charge in [0.25, 0.3) is 5.56 Å². The van der Waals surface area contributed by atoms with Crippen LogP contribution in [0, 0.1) is 0 Å². The first-order valence-corrected chi connectivity index (χ1v) is 11.6. The summed E-state index contributed by atoms with van der Waals surface area (Å²) in [5.74, 6) is -0.239. The van der Waals surface area contributed by atoms with Gasteiger partial charge in [-0.1, -0.05) is 50.1 Å². The van der Waals surface area contributed by atoms with E-state index >= 15 is 0 Å². The molecule has 164 valence electrons. The molecular formula is C22H31N3O4S. The van der Waals surface area contributed by atoms with Gasteiger partial charge in [-0.25, -0.2) is 4.98 Å². The van der Waals surface area contributed by atoms with E-state index in [0.717, 1.165) is 25.7 Å². The van der Waals surface area contributed by atoms with Gasteiger partial charge in [0, 0.05) is 19.5 Å². The third-order valence-electron chi connectivity index (χ3n) is 4.58. The molecule has 0 atom stereocenters. The first kappa shape index (κ1) is 23.9. The molecule has 0 saturated carbocycles. The van der Waals surface area contributed by atoms with Gasteiger partial charge >= 0.3 is 5.97 Å². The Kier molecular flexibility index (Phi) is 10.4. The van der Waals surface area contributed by atoms with Crippen molar-refractivity contribution in [1.29, 1.82) is 0 Å². The van der Waals surface area contributed by atoms with Gasteiger partial charge in [0.2, 0.25) is 5.91 Å². The fourth-order valence-corrected chi connectivity index (χ4v) is 3.88. The Morgan fingerprint density at radius 2 is 1.93 bits per heavy atom. The molecule has 0 aliphatic heterocycles. The lowest BCUT2D eigenvalue weighted by Gasteiger charge is -2.13. The Bertz CT molecular complexity index is 898. The third kappa shape index (κ3) is 7.48. The number of ether oxygens (including phenoxy) is 1. The van der Waals surface area contributed by atoms with Crippen molar-refractivity contribution in [2.45, 2.75) is 64.1 Å². The van der Waals surface area contributed by atoms with Gasteiger partial charge in [0.1, 0.15) is 0 Å². The number of rotatable bonds is 13. The predicted molar refractivity (Wildman–Crippen MR) is 120 cm³/mol. The number of carbonyl (C=O) groups is 2. The van der Waals surface area contributed by atoms with Crippen LogP contribution in [0.2, 0.25) is 0 Å². The molecule has 1 aromatic carbocycles. The SMILES string of the molecule is CCCCCCn1c(SCC(=O)NCCCC(=O)OCC)nc2ccccc2c1=O. The number of hydrogen-bond donors (Lipinski definition) is 1. The molecule has 0 radical (unpaired) electrons. The van der Waals surface area contributed by atoms with Gasteiger partial charge in [0.15, 0.2) is 5.16 Å². The van der Waals surface area contributed by atoms with E-state index in [2.05, 4.69) is 17.2 Å². The molecule has 0 spiro atoms. The second-order valence-electron chi connectivity index (χ2n) is 6.98. The highest BCUT2D eigenvalue weighted by Gasteiger charge is 2.13. The Labute approximate surface area is 181 Å². The lowest BCUT2D eigenvalue weighted by Crippen LogP contribution is -2.28. The maximum atomic E-state index is 13.0. The summed E-state index contributed by atoms with van der Waals surface area (Å²) in [6.45, 7) is 5.28. The number of hydrogen-bond acceptors (Lipinski definition) is 6. The number of thioether (sulfide) groups is 1. The quantitative estimate of drug-likeness (QED) is 0.225. The zero-order valence-electron chi connectivity index (χ0n) is 17.8. The number of benzene rings is 1. The van der Waals surface area contributed by atoms with Gasteiger partial charge in [-0.2, -0.15) is 0 Å². The van der Waals surface area contributed by atoms with Crippen LogP contribution in [0.5, 0.6) is 0 Å². The number of para-hydroxylation sites is 1. The van der Waals surface area contributed by atoms with Crippen LogP contribution in [0.15, 0.2) is 34.2 Å². The van der Waals surface area contributed by atoms with Crippen LogP contribution in [0.25, 0.3) is 10.9 Å². The minimum Gasteiger partial charge on any atom is -0.466 e. The summed E-state index contributed by atoms with van der Waals surface area (Å²) in [6, 6.07) is 7.30. The highest BCUT2D eigenvalue weighted by atomic mass is 32.2. The summed E-state index contributed by atoms with van der Waals surface area (Å²) < 4.78 is 6.56. The molecule has 30 heavy (non-hydrogen) atoms. The summed E-state index contributed by atoms with van der Waals surface area (Å²) in [6.07, 6.45) is 5.04. The predicted octanol–water partition coefficient (Wildman–Crippen LogP) is 3.53. The van der Waals surface area contributed by atoms with Crippen molar-refractivity contribution in [3.05, 3.63) is 34.6 Å². The zero-order valence-corrected chi connectivity index (χ0v) is 18.6. The molecule has 1 aromatic heterocycles. The molecule has 0 saturated heterocycles. The van der Waals surface area contributed by atoms with Crippen LogP contribution in [-0.2, 0) is 20.9 Å². The van der Waals surface area contributed by atoms with Crippen molar-refractivity contribution in [2.75, 3.05) is 18.9 Å². The molecule has 7 nitrogen and oxygen atoms in total. The lowest BCUT2D eigenvalue weighted by atomic mass is 10.2. The first-order chi connectivity index (χ1) is 14.6. The van der Waals surface area contributed by atoms with E-state index in [-0.39, 0.29) is 29.6 Å². The summed E-state index contributed by atoms with van der Waals surface area (Å²) >= 11 is 1.27. The molecule has 1 N–H and O–H groups in total. The van der Waals surface area contributed by atoms with Crippen LogP contribution < -0.4 is 10.9 Å². The van der Waals surface area contributed by atoms with E-state index in [1.54, 1.807) is 17.6 Å². The monoisotopic (exact) mass is 433 g/mol. The van der Waals surface area contributed by atoms with Crippen molar-refractivity contribution < 1.29 is 14.3 Å². The molecule has 0 aliphatic rings. The van der Waals surface area contributed by atoms with Crippen molar-refractivity contribution in [1.82, 2.24) is 14.9 Å². The van der Waals surface area contributed by atoms with Crippen LogP contribution in [0.4, 0.5) is 0 Å². The number of carbonyl (C=O) groups excluding carboxylic acids is 2. The van der Waals surface area contributed by atoms with Gasteiger partial charge in [0.05, 0.1) is 23.3 Å². The third-order valence-corrected chi connectivity index (χ3v) is 5.56. The fraction of sp³-hybridized carbons (Fsp3) is 0.545. The summed E-state index contributed by atoms with van der Waals surface area (Å²) in [7, 11) is 0. The molecule has 1 heterocycles. The molecule has 0 unspecified atom stereocenters. The highest BCUT2D eigenvalue weighted by molar-refractivity contribution is 7.99. The number of unbranched alkanes of at least 4 members (excludes halogenated alkanes) is 3. The number of amides is 1. The number of nitrogens with one attached hydrogen (secondary N) is 1. The second kappa shape index (κ2) is 13.1. The van der Waals surface area contributed by atoms with Crippen molar-refractivity contribution >= 4 is 34.5 Å².